The van der Waals surface area contributed by atoms with Gasteiger partial charge in [-0.15, -0.1) is 0 Å². The minimum Gasteiger partial charge on any atom is -0.369 e. The van der Waals surface area contributed by atoms with E-state index >= 15 is 0 Å². The molecule has 0 aliphatic rings. The third kappa shape index (κ3) is 7.04. The second-order valence-electron chi connectivity index (χ2n) is 3.07. The Morgan fingerprint density at radius 2 is 1.91 bits per heavy atom. The average Bonchev–Trinajstić information content (AvgIpc) is 1.53. The van der Waals surface area contributed by atoms with Gasteiger partial charge in [0.05, 0.1) is 5.54 Å². The molecule has 0 saturated heterocycles. The van der Waals surface area contributed by atoms with Crippen molar-refractivity contribution in [2.75, 3.05) is 0 Å². The summed E-state index contributed by atoms with van der Waals surface area (Å²) >= 11 is 0. The van der Waals surface area contributed by atoms with E-state index in [-0.39, 0.29) is 16.8 Å². The van der Waals surface area contributed by atoms with Crippen LogP contribution >= 0.6 is 0 Å². The van der Waals surface area contributed by atoms with Crippen LogP contribution in [-0.4, -0.2) is 27.2 Å². The van der Waals surface area contributed by atoms with Crippen molar-refractivity contribution in [1.29, 1.82) is 0 Å². The van der Waals surface area contributed by atoms with Gasteiger partial charge < -0.3 is 5.73 Å². The predicted molar refractivity (Wildman–Crippen MR) is 39.9 cm³/mol. The first kappa shape index (κ1) is 10.2. The number of hydrogen-bond donors (Lipinski definition) is 4. The smallest absolute Gasteiger partial charge is 0.207 e. The molecule has 0 aromatic rings. The number of aliphatic imine (C=N–C) groups is 1. The van der Waals surface area contributed by atoms with E-state index in [0.29, 0.717) is 0 Å². The lowest BCUT2D eigenvalue weighted by Crippen LogP contribution is -2.43. The Hall–Kier alpha value is -0.850. The second kappa shape index (κ2) is 3.51. The van der Waals surface area contributed by atoms with Crippen molar-refractivity contribution in [2.24, 2.45) is 10.7 Å². The third-order valence-corrected chi connectivity index (χ3v) is 0.670. The molecule has 0 heterocycles. The van der Waals surface area contributed by atoms with Gasteiger partial charge in [-0.3, -0.25) is 10.4 Å². The van der Waals surface area contributed by atoms with E-state index < -0.39 is 0 Å². The molecule has 0 bridgehead atoms. The minimum atomic E-state index is -0.340. The summed E-state index contributed by atoms with van der Waals surface area (Å²) in [5.74, 6) is -0.0532. The molecule has 5 N–H and O–H groups in total. The molecule has 11 heavy (non-hydrogen) atoms. The van der Waals surface area contributed by atoms with Gasteiger partial charge >= 0.3 is 0 Å². The number of nitrogens with two attached hydrogens (primary N) is 1. The van der Waals surface area contributed by atoms with Crippen molar-refractivity contribution in [2.45, 2.75) is 26.3 Å². The fourth-order valence-electron chi connectivity index (χ4n) is 0.489. The van der Waals surface area contributed by atoms with Crippen LogP contribution in [0.5, 0.6) is 0 Å². The minimum absolute atomic E-state index is 0.0532. The maximum absolute atomic E-state index is 8.24. The molecule has 0 aliphatic heterocycles. The normalized spacial score (nSPS) is 13.8. The molecule has 0 rings (SSSR count). The van der Waals surface area contributed by atoms with Crippen LogP contribution in [0.4, 0.5) is 0 Å². The maximum Gasteiger partial charge on any atom is 0.207 e. The first-order valence-electron chi connectivity index (χ1n) is 3.11. The van der Waals surface area contributed by atoms with E-state index in [4.69, 9.17) is 16.1 Å². The Morgan fingerprint density at radius 1 is 1.45 bits per heavy atom. The molecular formula is C5H14N4O2. The molecule has 0 saturated carbocycles. The number of nitrogens with one attached hydrogen (secondary N) is 1. The monoisotopic (exact) mass is 162 g/mol. The van der Waals surface area contributed by atoms with Crippen LogP contribution in [0.15, 0.2) is 4.99 Å². The number of rotatable bonds is 1. The molecule has 0 unspecified atom stereocenters. The lowest BCUT2D eigenvalue weighted by molar-refractivity contribution is -0.329. The Morgan fingerprint density at radius 3 is 2.18 bits per heavy atom. The van der Waals surface area contributed by atoms with Crippen LogP contribution in [-0.2, 0) is 0 Å². The SMILES string of the molecule is CC(C)(C)N=C(N)NN(O)O. The largest absolute Gasteiger partial charge is 0.369 e. The molecule has 0 radical (unpaired) electrons. The lowest BCUT2D eigenvalue weighted by atomic mass is 10.1. The fourth-order valence-corrected chi connectivity index (χ4v) is 0.489. The highest BCUT2D eigenvalue weighted by atomic mass is 16.8. The van der Waals surface area contributed by atoms with Crippen LogP contribution in [0.2, 0.25) is 0 Å². The van der Waals surface area contributed by atoms with Crippen LogP contribution in [0.25, 0.3) is 0 Å². The molecule has 0 aromatic carbocycles. The van der Waals surface area contributed by atoms with Crippen LogP contribution < -0.4 is 11.2 Å². The standard InChI is InChI=1S/C5H14N4O2/c1-5(2,3)7-4(6)8-9(10)11/h10-11H,1-3H3,(H3,6,7,8). The molecule has 0 atom stereocenters. The maximum atomic E-state index is 8.24. The van der Waals surface area contributed by atoms with Gasteiger partial charge in [-0.2, -0.15) is 0 Å². The van der Waals surface area contributed by atoms with Crippen LogP contribution in [0, 0.1) is 0 Å². The lowest BCUT2D eigenvalue weighted by Gasteiger charge is -2.15. The van der Waals surface area contributed by atoms with Crippen molar-refractivity contribution in [3.8, 4) is 0 Å². The highest BCUT2D eigenvalue weighted by Gasteiger charge is 2.08. The molecule has 0 spiro atoms. The zero-order chi connectivity index (χ0) is 9.07. The van der Waals surface area contributed by atoms with Crippen LogP contribution in [0.1, 0.15) is 20.8 Å². The van der Waals surface area contributed by atoms with Crippen molar-refractivity contribution in [3.05, 3.63) is 0 Å². The highest BCUT2D eigenvalue weighted by Crippen LogP contribution is 2.04. The Bertz CT molecular complexity index is 149. The zero-order valence-corrected chi connectivity index (χ0v) is 6.87. The summed E-state index contributed by atoms with van der Waals surface area (Å²) in [6.07, 6.45) is 0. The number of nitrogens with zero attached hydrogens (tertiary/aromatic N) is 2. The average molecular weight is 162 g/mol. The van der Waals surface area contributed by atoms with Gasteiger partial charge in [-0.05, 0) is 20.8 Å². The molecule has 6 heteroatoms. The Kier molecular flexibility index (Phi) is 3.24. The summed E-state index contributed by atoms with van der Waals surface area (Å²) in [6.45, 7) is 5.50. The van der Waals surface area contributed by atoms with Crippen molar-refractivity contribution in [3.63, 3.8) is 0 Å². The quantitative estimate of drug-likeness (QED) is 0.241. The van der Waals surface area contributed by atoms with Crippen molar-refractivity contribution in [1.82, 2.24) is 10.8 Å². The van der Waals surface area contributed by atoms with Gasteiger partial charge in [-0.25, -0.2) is 10.4 Å². The van der Waals surface area contributed by atoms with Gasteiger partial charge in [0.2, 0.25) is 5.96 Å². The van der Waals surface area contributed by atoms with E-state index in [2.05, 4.69) is 4.99 Å². The first-order valence-corrected chi connectivity index (χ1v) is 3.11. The zero-order valence-electron chi connectivity index (χ0n) is 6.87. The summed E-state index contributed by atoms with van der Waals surface area (Å²) in [5, 5.41) is 16.2. The Balaban J connectivity index is 4.01. The third-order valence-electron chi connectivity index (χ3n) is 0.670. The van der Waals surface area contributed by atoms with Gasteiger partial charge in [-0.1, -0.05) is 0 Å². The number of hydrogen-bond acceptors (Lipinski definition) is 4. The van der Waals surface area contributed by atoms with Gasteiger partial charge in [0.25, 0.3) is 0 Å². The van der Waals surface area contributed by atoms with E-state index in [1.54, 1.807) is 0 Å². The molecule has 0 fully saturated rings. The summed E-state index contributed by atoms with van der Waals surface area (Å²) < 4.78 is 0. The molecule has 6 nitrogen and oxygen atoms in total. The highest BCUT2D eigenvalue weighted by molar-refractivity contribution is 5.77. The second-order valence-corrected chi connectivity index (χ2v) is 3.07. The predicted octanol–water partition coefficient (Wildman–Crippen LogP) is -0.315. The van der Waals surface area contributed by atoms with E-state index in [9.17, 15) is 0 Å². The molecule has 0 aromatic heterocycles. The summed E-state index contributed by atoms with van der Waals surface area (Å²) in [7, 11) is 0. The van der Waals surface area contributed by atoms with Crippen molar-refractivity contribution >= 4 is 5.96 Å². The molecular weight excluding hydrogens is 148 g/mol. The van der Waals surface area contributed by atoms with E-state index in [0.717, 1.165) is 0 Å². The van der Waals surface area contributed by atoms with Crippen molar-refractivity contribution < 1.29 is 10.4 Å². The Labute approximate surface area is 65.2 Å². The molecule has 0 aliphatic carbocycles. The number of hydrazine groups is 1. The van der Waals surface area contributed by atoms with Gasteiger partial charge in [0, 0.05) is 5.34 Å². The molecule has 0 amide bonds. The first-order chi connectivity index (χ1) is 4.81. The van der Waals surface area contributed by atoms with Gasteiger partial charge in [0.15, 0.2) is 0 Å². The summed E-state index contributed by atoms with van der Waals surface area (Å²) in [5.41, 5.74) is 6.87. The summed E-state index contributed by atoms with van der Waals surface area (Å²) in [6, 6.07) is 0. The van der Waals surface area contributed by atoms with Crippen LogP contribution in [0.3, 0.4) is 0 Å². The topological polar surface area (TPSA) is 94.1 Å². The van der Waals surface area contributed by atoms with Gasteiger partial charge in [0.1, 0.15) is 0 Å². The van der Waals surface area contributed by atoms with E-state index in [1.807, 2.05) is 26.2 Å². The summed E-state index contributed by atoms with van der Waals surface area (Å²) in [4.78, 5) is 3.87. The van der Waals surface area contributed by atoms with E-state index in [1.165, 1.54) is 0 Å². The fraction of sp³-hybridized carbons (Fsp3) is 0.800. The number of guanidine groups is 1. The molecule has 66 valence electrons.